The number of piperidine rings is 1. The maximum Gasteiger partial charge on any atom is 0.490 e. The summed E-state index contributed by atoms with van der Waals surface area (Å²) in [6, 6.07) is 12.2. The molecule has 210 valence electrons. The molecule has 2 aromatic heterocycles. The minimum Gasteiger partial charge on any atom is -0.475 e. The predicted octanol–water partition coefficient (Wildman–Crippen LogP) is 3.61. The Morgan fingerprint density at radius 2 is 1.39 bits per heavy atom. The van der Waals surface area contributed by atoms with Gasteiger partial charge in [0.15, 0.2) is 0 Å². The molecule has 0 bridgehead atoms. The fraction of sp³-hybridized carbons (Fsp3) is 0.478. The second-order valence-electron chi connectivity index (χ2n) is 8.34. The molecule has 4 heterocycles. The number of carboxylic acid groups (broad SMARTS) is 2. The highest BCUT2D eigenvalue weighted by Gasteiger charge is 2.40. The number of aliphatic carboxylic acids is 2. The molecule has 0 amide bonds. The molecule has 0 aromatic carbocycles. The number of nitrogens with zero attached hydrogens (tertiary/aromatic N) is 4. The van der Waals surface area contributed by atoms with Gasteiger partial charge >= 0.3 is 24.3 Å². The monoisotopic (exact) mass is 552 g/mol. The molecule has 0 saturated carbocycles. The number of pyridine rings is 2. The maximum absolute atomic E-state index is 10.6. The Morgan fingerprint density at radius 1 is 0.868 bits per heavy atom. The molecule has 2 saturated heterocycles. The Labute approximate surface area is 213 Å². The molecule has 38 heavy (non-hydrogen) atoms. The summed E-state index contributed by atoms with van der Waals surface area (Å²) >= 11 is 0. The van der Waals surface area contributed by atoms with Crippen LogP contribution in [0.2, 0.25) is 0 Å². The van der Waals surface area contributed by atoms with Crippen LogP contribution in [0.1, 0.15) is 18.5 Å². The van der Waals surface area contributed by atoms with Gasteiger partial charge in [0.05, 0.1) is 17.9 Å². The highest BCUT2D eigenvalue weighted by molar-refractivity contribution is 5.73. The smallest absolute Gasteiger partial charge is 0.475 e. The Hall–Kier alpha value is -3.46. The molecule has 0 atom stereocenters. The minimum atomic E-state index is -5.08. The lowest BCUT2D eigenvalue weighted by Gasteiger charge is -2.47. The van der Waals surface area contributed by atoms with E-state index in [0.717, 1.165) is 63.7 Å². The SMILES string of the molecule is O=C(O)C(F)(F)F.O=C(O)C(F)(F)F.c1ccc(CN2CCC3(CC2)CN(c2ccccn2)CCO3)nc1. The third kappa shape index (κ3) is 10.1. The van der Waals surface area contributed by atoms with Crippen molar-refractivity contribution in [2.24, 2.45) is 0 Å². The van der Waals surface area contributed by atoms with E-state index in [1.54, 1.807) is 0 Å². The largest absolute Gasteiger partial charge is 0.490 e. The number of carboxylic acids is 2. The van der Waals surface area contributed by atoms with Crippen LogP contribution in [0.4, 0.5) is 32.2 Å². The van der Waals surface area contributed by atoms with E-state index in [-0.39, 0.29) is 5.60 Å². The number of rotatable bonds is 3. The number of hydrogen-bond donors (Lipinski definition) is 2. The van der Waals surface area contributed by atoms with E-state index in [2.05, 4.69) is 44.0 Å². The van der Waals surface area contributed by atoms with Crippen LogP contribution in [0.5, 0.6) is 0 Å². The van der Waals surface area contributed by atoms with E-state index < -0.39 is 24.3 Å². The van der Waals surface area contributed by atoms with Gasteiger partial charge in [0.25, 0.3) is 0 Å². The van der Waals surface area contributed by atoms with Crippen LogP contribution in [0.25, 0.3) is 0 Å². The van der Waals surface area contributed by atoms with E-state index in [1.807, 2.05) is 24.5 Å². The van der Waals surface area contributed by atoms with Gasteiger partial charge in [-0.25, -0.2) is 14.6 Å². The molecule has 2 aromatic rings. The number of anilines is 1. The first-order chi connectivity index (χ1) is 17.7. The summed E-state index contributed by atoms with van der Waals surface area (Å²) in [6.07, 6.45) is -4.28. The Balaban J connectivity index is 0.000000301. The van der Waals surface area contributed by atoms with Gasteiger partial charge < -0.3 is 19.8 Å². The third-order valence-electron chi connectivity index (χ3n) is 5.59. The van der Waals surface area contributed by atoms with Gasteiger partial charge in [-0.1, -0.05) is 12.1 Å². The van der Waals surface area contributed by atoms with Crippen LogP contribution in [0.3, 0.4) is 0 Å². The average molecular weight is 552 g/mol. The first kappa shape index (κ1) is 30.8. The number of ether oxygens (including phenoxy) is 1. The molecule has 2 aliphatic heterocycles. The van der Waals surface area contributed by atoms with Gasteiger partial charge in [0, 0.05) is 45.1 Å². The van der Waals surface area contributed by atoms with Crippen molar-refractivity contribution in [3.63, 3.8) is 0 Å². The molecular weight excluding hydrogens is 526 g/mol. The lowest BCUT2D eigenvalue weighted by atomic mass is 9.89. The summed E-state index contributed by atoms with van der Waals surface area (Å²) < 4.78 is 69.7. The van der Waals surface area contributed by atoms with Gasteiger partial charge in [0.2, 0.25) is 0 Å². The Bertz CT molecular complexity index is 992. The molecular formula is C23H26F6N4O5. The van der Waals surface area contributed by atoms with Gasteiger partial charge in [0.1, 0.15) is 5.82 Å². The molecule has 2 N–H and O–H groups in total. The van der Waals surface area contributed by atoms with E-state index >= 15 is 0 Å². The third-order valence-corrected chi connectivity index (χ3v) is 5.59. The first-order valence-corrected chi connectivity index (χ1v) is 11.2. The summed E-state index contributed by atoms with van der Waals surface area (Å²) in [6.45, 7) is 5.72. The van der Waals surface area contributed by atoms with Crippen molar-refractivity contribution < 1.29 is 50.9 Å². The fourth-order valence-corrected chi connectivity index (χ4v) is 3.72. The van der Waals surface area contributed by atoms with E-state index in [4.69, 9.17) is 24.5 Å². The zero-order chi connectivity index (χ0) is 28.4. The maximum atomic E-state index is 10.6. The number of aromatic nitrogens is 2. The van der Waals surface area contributed by atoms with Crippen molar-refractivity contribution in [2.75, 3.05) is 37.7 Å². The van der Waals surface area contributed by atoms with Crippen molar-refractivity contribution in [1.82, 2.24) is 14.9 Å². The van der Waals surface area contributed by atoms with Crippen LogP contribution in [-0.2, 0) is 20.9 Å². The van der Waals surface area contributed by atoms with Crippen molar-refractivity contribution in [3.05, 3.63) is 54.5 Å². The van der Waals surface area contributed by atoms with Crippen LogP contribution >= 0.6 is 0 Å². The van der Waals surface area contributed by atoms with Crippen LogP contribution < -0.4 is 4.90 Å². The van der Waals surface area contributed by atoms with Crippen molar-refractivity contribution in [2.45, 2.75) is 37.3 Å². The number of halogens is 6. The molecule has 1 spiro atoms. The summed E-state index contributed by atoms with van der Waals surface area (Å²) in [4.78, 5) is 31.6. The summed E-state index contributed by atoms with van der Waals surface area (Å²) in [5, 5.41) is 14.2. The Kier molecular flexibility index (Phi) is 10.8. The van der Waals surface area contributed by atoms with Gasteiger partial charge in [-0.15, -0.1) is 0 Å². The number of morpholine rings is 1. The molecule has 0 aliphatic carbocycles. The molecule has 9 nitrogen and oxygen atoms in total. The molecule has 15 heteroatoms. The first-order valence-electron chi connectivity index (χ1n) is 11.2. The van der Waals surface area contributed by atoms with E-state index in [0.29, 0.717) is 0 Å². The molecule has 2 fully saturated rings. The number of likely N-dealkylation sites (tertiary alicyclic amines) is 1. The van der Waals surface area contributed by atoms with E-state index in [9.17, 15) is 26.3 Å². The highest BCUT2D eigenvalue weighted by Crippen LogP contribution is 2.32. The summed E-state index contributed by atoms with van der Waals surface area (Å²) in [5.74, 6) is -4.45. The quantitative estimate of drug-likeness (QED) is 0.551. The topological polar surface area (TPSA) is 116 Å². The molecule has 2 aliphatic rings. The molecule has 0 radical (unpaired) electrons. The number of alkyl halides is 6. The van der Waals surface area contributed by atoms with Crippen LogP contribution in [0.15, 0.2) is 48.8 Å². The van der Waals surface area contributed by atoms with Crippen molar-refractivity contribution >= 4 is 17.8 Å². The van der Waals surface area contributed by atoms with Crippen LogP contribution in [0, 0.1) is 0 Å². The predicted molar refractivity (Wildman–Crippen MR) is 121 cm³/mol. The number of hydrogen-bond acceptors (Lipinski definition) is 7. The van der Waals surface area contributed by atoms with Gasteiger partial charge in [-0.05, 0) is 37.1 Å². The summed E-state index contributed by atoms with van der Waals surface area (Å²) in [7, 11) is 0. The lowest BCUT2D eigenvalue weighted by Crippen LogP contribution is -2.57. The van der Waals surface area contributed by atoms with Gasteiger partial charge in [-0.3, -0.25) is 9.88 Å². The van der Waals surface area contributed by atoms with Crippen LogP contribution in [-0.4, -0.2) is 87.8 Å². The summed E-state index contributed by atoms with van der Waals surface area (Å²) in [5.41, 5.74) is 1.13. The zero-order valence-corrected chi connectivity index (χ0v) is 20.0. The average Bonchev–Trinajstić information content (AvgIpc) is 2.86. The fourth-order valence-electron chi connectivity index (χ4n) is 3.72. The standard InChI is InChI=1S/C19H24N4O.2C2HF3O2/c1-3-9-20-17(5-1)15-22-11-7-19(8-12-22)16-23(13-14-24-19)18-6-2-4-10-21-18;2*3-2(4,5)1(6)7/h1-6,9-10H,7-8,11-16H2;2*(H,6,7). The van der Waals surface area contributed by atoms with Gasteiger partial charge in [-0.2, -0.15) is 26.3 Å². The normalized spacial score (nSPS) is 17.5. The van der Waals surface area contributed by atoms with Crippen molar-refractivity contribution in [1.29, 1.82) is 0 Å². The van der Waals surface area contributed by atoms with Crippen molar-refractivity contribution in [3.8, 4) is 0 Å². The second-order valence-corrected chi connectivity index (χ2v) is 8.34. The lowest BCUT2D eigenvalue weighted by molar-refractivity contribution is -0.193. The second kappa shape index (κ2) is 13.4. The molecule has 4 rings (SSSR count). The van der Waals surface area contributed by atoms with E-state index in [1.165, 1.54) is 0 Å². The Morgan fingerprint density at radius 3 is 1.84 bits per heavy atom. The zero-order valence-electron chi connectivity index (χ0n) is 20.0. The highest BCUT2D eigenvalue weighted by atomic mass is 19.4. The number of carbonyl (C=O) groups is 2. The minimum absolute atomic E-state index is 0.0175. The molecule has 0 unspecified atom stereocenters.